The third-order valence-electron chi connectivity index (χ3n) is 12.1. The van der Waals surface area contributed by atoms with Crippen LogP contribution < -0.4 is 10.2 Å². The molecule has 0 aromatic carbocycles. The Labute approximate surface area is 368 Å². The molecule has 0 heterocycles. The molecule has 0 aromatic heterocycles. The molecular formula is C50H103N2O6P. The Morgan fingerprint density at radius 2 is 0.831 bits per heavy atom. The lowest BCUT2D eigenvalue weighted by Crippen LogP contribution is -2.46. The van der Waals surface area contributed by atoms with E-state index >= 15 is 0 Å². The van der Waals surface area contributed by atoms with Crippen LogP contribution in [0, 0.1) is 0 Å². The summed E-state index contributed by atoms with van der Waals surface area (Å²) in [7, 11) is 1.32. The van der Waals surface area contributed by atoms with Gasteiger partial charge in [-0.3, -0.25) is 9.36 Å². The highest BCUT2D eigenvalue weighted by Gasteiger charge is 2.24. The van der Waals surface area contributed by atoms with Crippen LogP contribution in [0.2, 0.25) is 0 Å². The van der Waals surface area contributed by atoms with E-state index in [1.165, 1.54) is 199 Å². The lowest BCUT2D eigenvalue weighted by Gasteiger charge is -2.30. The van der Waals surface area contributed by atoms with E-state index in [4.69, 9.17) is 9.05 Å². The van der Waals surface area contributed by atoms with Crippen molar-refractivity contribution in [2.45, 2.75) is 276 Å². The standard InChI is InChI=1S/C50H103N2O6P/c1-6-8-10-12-14-16-18-20-22-24-25-26-27-28-30-32-34-36-38-40-42-44-50(54)51-48(47-58-59(55,56)57-46-45-52(3,4)5)49(53)43-41-39-37-35-33-31-29-23-21-19-17-15-13-11-9-7-2/h48-49,53H,6-47H2,1-5H3,(H-,51,54,55,56). The van der Waals surface area contributed by atoms with Gasteiger partial charge in [0.1, 0.15) is 13.2 Å². The molecule has 0 saturated carbocycles. The van der Waals surface area contributed by atoms with E-state index in [1.54, 1.807) is 0 Å². The van der Waals surface area contributed by atoms with Gasteiger partial charge in [-0.05, 0) is 12.8 Å². The van der Waals surface area contributed by atoms with Crippen molar-refractivity contribution >= 4 is 13.7 Å². The Kier molecular flexibility index (Phi) is 42.4. The van der Waals surface area contributed by atoms with Gasteiger partial charge in [-0.15, -0.1) is 0 Å². The molecule has 354 valence electrons. The average molecular weight is 859 g/mol. The second-order valence-electron chi connectivity index (χ2n) is 19.2. The third-order valence-corrected chi connectivity index (χ3v) is 13.1. The molecule has 0 aromatic rings. The van der Waals surface area contributed by atoms with Crippen molar-refractivity contribution in [1.82, 2.24) is 5.32 Å². The van der Waals surface area contributed by atoms with Crippen LogP contribution in [0.4, 0.5) is 0 Å². The molecule has 0 saturated heterocycles. The number of carbonyl (C=O) groups is 1. The van der Waals surface area contributed by atoms with Crippen LogP contribution in [-0.4, -0.2) is 68.5 Å². The molecule has 0 aliphatic rings. The molecule has 8 nitrogen and oxygen atoms in total. The SMILES string of the molecule is CCCCCCCCCCCCCCCCCCCCCCCC(=O)NC(COP(=O)([O-])OCC[N+](C)(C)C)C(O)CCCCCCCCCCCCCCCCCC. The molecular weight excluding hydrogens is 756 g/mol. The van der Waals surface area contributed by atoms with Crippen molar-refractivity contribution in [1.29, 1.82) is 0 Å². The summed E-state index contributed by atoms with van der Waals surface area (Å²) in [4.78, 5) is 25.4. The summed E-state index contributed by atoms with van der Waals surface area (Å²) in [6.45, 7) is 4.76. The quantitative estimate of drug-likeness (QED) is 0.0358. The third kappa shape index (κ3) is 45.3. The van der Waals surface area contributed by atoms with Gasteiger partial charge in [0, 0.05) is 6.42 Å². The number of phosphoric ester groups is 1. The van der Waals surface area contributed by atoms with E-state index < -0.39 is 20.0 Å². The molecule has 2 N–H and O–H groups in total. The Balaban J connectivity index is 4.20. The first-order valence-electron chi connectivity index (χ1n) is 25.9. The van der Waals surface area contributed by atoms with Gasteiger partial charge in [0.05, 0.1) is 39.9 Å². The number of amides is 1. The molecule has 0 bridgehead atoms. The van der Waals surface area contributed by atoms with Crippen LogP contribution in [0.15, 0.2) is 0 Å². The number of aliphatic hydroxyl groups is 1. The number of hydrogen-bond donors (Lipinski definition) is 2. The molecule has 0 aliphatic heterocycles. The maximum Gasteiger partial charge on any atom is 0.268 e. The smallest absolute Gasteiger partial charge is 0.268 e. The minimum absolute atomic E-state index is 0.0164. The molecule has 59 heavy (non-hydrogen) atoms. The van der Waals surface area contributed by atoms with Crippen LogP contribution in [0.3, 0.4) is 0 Å². The van der Waals surface area contributed by atoms with Crippen LogP contribution in [0.1, 0.15) is 264 Å². The Morgan fingerprint density at radius 3 is 1.15 bits per heavy atom. The fourth-order valence-corrected chi connectivity index (χ4v) is 8.71. The molecule has 3 atom stereocenters. The largest absolute Gasteiger partial charge is 0.756 e. The van der Waals surface area contributed by atoms with Crippen molar-refractivity contribution in [2.24, 2.45) is 0 Å². The van der Waals surface area contributed by atoms with Gasteiger partial charge in [0.15, 0.2) is 0 Å². The number of phosphoric acid groups is 1. The number of likely N-dealkylation sites (N-methyl/N-ethyl adjacent to an activating group) is 1. The van der Waals surface area contributed by atoms with Crippen molar-refractivity contribution in [3.05, 3.63) is 0 Å². The van der Waals surface area contributed by atoms with Crippen molar-refractivity contribution in [3.63, 3.8) is 0 Å². The summed E-state index contributed by atoms with van der Waals surface area (Å²) < 4.78 is 23.4. The number of unbranched alkanes of at least 4 members (excludes halogenated alkanes) is 35. The van der Waals surface area contributed by atoms with E-state index in [2.05, 4.69) is 19.2 Å². The van der Waals surface area contributed by atoms with Crippen LogP contribution in [-0.2, 0) is 18.4 Å². The first-order valence-corrected chi connectivity index (χ1v) is 27.3. The number of carbonyl (C=O) groups excluding carboxylic acids is 1. The fraction of sp³-hybridized carbons (Fsp3) is 0.980. The van der Waals surface area contributed by atoms with E-state index in [0.717, 1.165) is 38.5 Å². The number of nitrogens with one attached hydrogen (secondary N) is 1. The molecule has 1 amide bonds. The minimum atomic E-state index is -4.56. The highest BCUT2D eigenvalue weighted by Crippen LogP contribution is 2.38. The molecule has 0 fully saturated rings. The average Bonchev–Trinajstić information content (AvgIpc) is 3.19. The fourth-order valence-electron chi connectivity index (χ4n) is 7.98. The van der Waals surface area contributed by atoms with Gasteiger partial charge < -0.3 is 28.8 Å². The monoisotopic (exact) mass is 859 g/mol. The van der Waals surface area contributed by atoms with E-state index in [9.17, 15) is 19.4 Å². The number of hydrogen-bond acceptors (Lipinski definition) is 6. The molecule has 0 radical (unpaired) electrons. The van der Waals surface area contributed by atoms with Crippen LogP contribution in [0.5, 0.6) is 0 Å². The molecule has 0 aliphatic carbocycles. The van der Waals surface area contributed by atoms with E-state index in [-0.39, 0.29) is 19.1 Å². The van der Waals surface area contributed by atoms with Gasteiger partial charge in [0.25, 0.3) is 7.82 Å². The maximum absolute atomic E-state index is 12.9. The molecule has 9 heteroatoms. The number of quaternary nitrogens is 1. The lowest BCUT2D eigenvalue weighted by molar-refractivity contribution is -0.870. The predicted molar refractivity (Wildman–Crippen MR) is 252 cm³/mol. The van der Waals surface area contributed by atoms with E-state index in [1.807, 2.05) is 21.1 Å². The van der Waals surface area contributed by atoms with Gasteiger partial charge in [-0.1, -0.05) is 245 Å². The summed E-state index contributed by atoms with van der Waals surface area (Å²) >= 11 is 0. The lowest BCUT2D eigenvalue weighted by atomic mass is 10.0. The number of aliphatic hydroxyl groups excluding tert-OH is 1. The highest BCUT2D eigenvalue weighted by atomic mass is 31.2. The topological polar surface area (TPSA) is 108 Å². The Morgan fingerprint density at radius 1 is 0.525 bits per heavy atom. The van der Waals surface area contributed by atoms with Crippen LogP contribution in [0.25, 0.3) is 0 Å². The second kappa shape index (κ2) is 42.8. The zero-order chi connectivity index (χ0) is 43.6. The highest BCUT2D eigenvalue weighted by molar-refractivity contribution is 7.45. The molecule has 0 rings (SSSR count). The molecule has 3 unspecified atom stereocenters. The summed E-state index contributed by atoms with van der Waals surface area (Å²) in [6.07, 6.45) is 48.2. The maximum atomic E-state index is 12.9. The Bertz CT molecular complexity index is 932. The first-order chi connectivity index (χ1) is 28.5. The van der Waals surface area contributed by atoms with Gasteiger partial charge in [0.2, 0.25) is 5.91 Å². The van der Waals surface area contributed by atoms with Gasteiger partial charge in [-0.2, -0.15) is 0 Å². The molecule has 0 spiro atoms. The summed E-state index contributed by atoms with van der Waals surface area (Å²) in [5.74, 6) is -0.158. The predicted octanol–water partition coefficient (Wildman–Crippen LogP) is 14.3. The zero-order valence-electron chi connectivity index (χ0n) is 40.2. The second-order valence-corrected chi connectivity index (χ2v) is 20.7. The zero-order valence-corrected chi connectivity index (χ0v) is 41.1. The first kappa shape index (κ1) is 58.5. The normalized spacial score (nSPS) is 14.1. The Hall–Kier alpha value is -0.500. The van der Waals surface area contributed by atoms with Crippen molar-refractivity contribution in [2.75, 3.05) is 40.9 Å². The number of nitrogens with zero attached hydrogens (tertiary/aromatic N) is 1. The van der Waals surface area contributed by atoms with E-state index in [0.29, 0.717) is 23.9 Å². The number of rotatable bonds is 48. The van der Waals surface area contributed by atoms with Crippen molar-refractivity contribution in [3.8, 4) is 0 Å². The summed E-state index contributed by atoms with van der Waals surface area (Å²) in [5.41, 5.74) is 0. The van der Waals surface area contributed by atoms with Gasteiger partial charge in [-0.25, -0.2) is 0 Å². The summed E-state index contributed by atoms with van der Waals surface area (Å²) in [5, 5.41) is 14.0. The minimum Gasteiger partial charge on any atom is -0.756 e. The van der Waals surface area contributed by atoms with Crippen LogP contribution >= 0.6 is 7.82 Å². The summed E-state index contributed by atoms with van der Waals surface area (Å²) in [6, 6.07) is -0.794. The van der Waals surface area contributed by atoms with Gasteiger partial charge >= 0.3 is 0 Å². The van der Waals surface area contributed by atoms with Crippen molar-refractivity contribution < 1.29 is 32.9 Å².